The van der Waals surface area contributed by atoms with Gasteiger partial charge in [-0.2, -0.15) is 11.8 Å². The quantitative estimate of drug-likeness (QED) is 0.817. The van der Waals surface area contributed by atoms with E-state index in [9.17, 15) is 4.79 Å². The van der Waals surface area contributed by atoms with Crippen LogP contribution in [0.5, 0.6) is 0 Å². The molecule has 0 saturated carbocycles. The molecule has 16 heavy (non-hydrogen) atoms. The van der Waals surface area contributed by atoms with Gasteiger partial charge in [-0.15, -0.1) is 0 Å². The average Bonchev–Trinajstić information content (AvgIpc) is 2.32. The number of Topliss-reactive ketones (excluding diaryl/α,β-unsaturated/α-hetero) is 1. The Bertz CT molecular complexity index is 408. The van der Waals surface area contributed by atoms with E-state index in [4.69, 9.17) is 22.1 Å². The van der Waals surface area contributed by atoms with E-state index in [1.54, 1.807) is 11.8 Å². The van der Waals surface area contributed by atoms with Gasteiger partial charge in [-0.05, 0) is 6.07 Å². The van der Waals surface area contributed by atoms with Gasteiger partial charge >= 0.3 is 0 Å². The molecule has 2 N–H and O–H groups in total. The van der Waals surface area contributed by atoms with Crippen molar-refractivity contribution in [1.82, 2.24) is 4.98 Å². The zero-order valence-corrected chi connectivity index (χ0v) is 10.1. The molecule has 0 aliphatic carbocycles. The third kappa shape index (κ3) is 2.48. The molecule has 2 heterocycles. The van der Waals surface area contributed by atoms with Gasteiger partial charge in [0, 0.05) is 17.7 Å². The van der Waals surface area contributed by atoms with Gasteiger partial charge in [-0.3, -0.25) is 4.79 Å². The zero-order chi connectivity index (χ0) is 11.5. The van der Waals surface area contributed by atoms with Crippen LogP contribution in [-0.4, -0.2) is 35.0 Å². The molecule has 2 rings (SSSR count). The summed E-state index contributed by atoms with van der Waals surface area (Å²) in [6.45, 7) is 0.592. The van der Waals surface area contributed by atoms with Crippen LogP contribution in [0.15, 0.2) is 12.3 Å². The first-order valence-electron chi connectivity index (χ1n) is 4.83. The van der Waals surface area contributed by atoms with Crippen molar-refractivity contribution >= 4 is 35.0 Å². The average molecular weight is 259 g/mol. The number of hydrogen-bond acceptors (Lipinski definition) is 5. The maximum absolute atomic E-state index is 12.1. The highest BCUT2D eigenvalue weighted by atomic mass is 35.5. The number of nitrogens with two attached hydrogens (primary N) is 1. The normalized spacial score (nSPS) is 20.7. The third-order valence-corrected chi connectivity index (χ3v) is 3.46. The lowest BCUT2D eigenvalue weighted by Gasteiger charge is -2.21. The first kappa shape index (κ1) is 11.7. The number of ketones is 1. The molecule has 1 aromatic heterocycles. The fraction of sp³-hybridized carbons (Fsp3) is 0.400. The standard InChI is InChI=1S/C10H11ClN2O2S/c11-6-3-7(10(12)13-4-6)9(14)8-5-16-2-1-15-8/h3-4,8H,1-2,5H2,(H2,12,13). The Morgan fingerprint density at radius 2 is 2.50 bits per heavy atom. The predicted molar refractivity (Wildman–Crippen MR) is 65.1 cm³/mol. The number of carbonyl (C=O) groups is 1. The molecule has 1 aromatic rings. The van der Waals surface area contributed by atoms with E-state index in [-0.39, 0.29) is 11.6 Å². The Hall–Kier alpha value is -0.780. The second-order valence-corrected chi connectivity index (χ2v) is 4.97. The zero-order valence-electron chi connectivity index (χ0n) is 8.48. The van der Waals surface area contributed by atoms with Crippen LogP contribution in [0.4, 0.5) is 5.82 Å². The van der Waals surface area contributed by atoms with Crippen LogP contribution in [0, 0.1) is 0 Å². The highest BCUT2D eigenvalue weighted by Gasteiger charge is 2.25. The minimum absolute atomic E-state index is 0.139. The van der Waals surface area contributed by atoms with E-state index in [0.29, 0.717) is 22.9 Å². The highest BCUT2D eigenvalue weighted by Crippen LogP contribution is 2.21. The van der Waals surface area contributed by atoms with Crippen molar-refractivity contribution in [3.05, 3.63) is 22.8 Å². The Morgan fingerprint density at radius 3 is 3.19 bits per heavy atom. The van der Waals surface area contributed by atoms with Crippen LogP contribution in [0.1, 0.15) is 10.4 Å². The molecule has 0 radical (unpaired) electrons. The van der Waals surface area contributed by atoms with Gasteiger partial charge in [0.25, 0.3) is 0 Å². The van der Waals surface area contributed by atoms with Gasteiger partial charge in [0.15, 0.2) is 5.78 Å². The molecule has 1 saturated heterocycles. The van der Waals surface area contributed by atoms with Gasteiger partial charge in [-0.25, -0.2) is 4.98 Å². The van der Waals surface area contributed by atoms with Crippen molar-refractivity contribution in [2.24, 2.45) is 0 Å². The van der Waals surface area contributed by atoms with Gasteiger partial charge in [-0.1, -0.05) is 11.6 Å². The summed E-state index contributed by atoms with van der Waals surface area (Å²) < 4.78 is 5.39. The lowest BCUT2D eigenvalue weighted by Crippen LogP contribution is -2.32. The number of halogens is 1. The maximum Gasteiger partial charge on any atom is 0.196 e. The van der Waals surface area contributed by atoms with Gasteiger partial charge in [0.05, 0.1) is 17.2 Å². The number of rotatable bonds is 2. The molecule has 1 atom stereocenters. The summed E-state index contributed by atoms with van der Waals surface area (Å²) in [7, 11) is 0. The van der Waals surface area contributed by atoms with Crippen LogP contribution in [0.2, 0.25) is 5.02 Å². The summed E-state index contributed by atoms with van der Waals surface area (Å²) in [5, 5.41) is 0.404. The largest absolute Gasteiger partial charge is 0.383 e. The number of pyridine rings is 1. The van der Waals surface area contributed by atoms with Crippen LogP contribution in [0.25, 0.3) is 0 Å². The highest BCUT2D eigenvalue weighted by molar-refractivity contribution is 7.99. The fourth-order valence-electron chi connectivity index (χ4n) is 1.46. The molecule has 1 aliphatic heterocycles. The molecular formula is C10H11ClN2O2S. The topological polar surface area (TPSA) is 65.2 Å². The molecule has 6 heteroatoms. The summed E-state index contributed by atoms with van der Waals surface area (Å²) in [5.41, 5.74) is 5.99. The number of thioether (sulfide) groups is 1. The predicted octanol–water partition coefficient (Wildman–Crippen LogP) is 1.63. The SMILES string of the molecule is Nc1ncc(Cl)cc1C(=O)C1CSCCO1. The van der Waals surface area contributed by atoms with Crippen molar-refractivity contribution in [3.8, 4) is 0 Å². The van der Waals surface area contributed by atoms with Crippen LogP contribution >= 0.6 is 23.4 Å². The minimum Gasteiger partial charge on any atom is -0.383 e. The van der Waals surface area contributed by atoms with Crippen LogP contribution < -0.4 is 5.73 Å². The molecule has 1 fully saturated rings. The van der Waals surface area contributed by atoms with E-state index in [0.717, 1.165) is 5.75 Å². The van der Waals surface area contributed by atoms with E-state index in [1.807, 2.05) is 0 Å². The van der Waals surface area contributed by atoms with E-state index >= 15 is 0 Å². The second kappa shape index (κ2) is 5.03. The maximum atomic E-state index is 12.1. The lowest BCUT2D eigenvalue weighted by atomic mass is 10.1. The summed E-state index contributed by atoms with van der Waals surface area (Å²) in [5.74, 6) is 1.64. The van der Waals surface area contributed by atoms with Gasteiger partial charge < -0.3 is 10.5 Å². The summed E-state index contributed by atoms with van der Waals surface area (Å²) in [6, 6.07) is 1.54. The first-order valence-corrected chi connectivity index (χ1v) is 6.36. The molecule has 1 unspecified atom stereocenters. The Balaban J connectivity index is 2.22. The van der Waals surface area contributed by atoms with E-state index < -0.39 is 6.10 Å². The molecule has 0 spiro atoms. The van der Waals surface area contributed by atoms with E-state index in [2.05, 4.69) is 4.98 Å². The monoisotopic (exact) mass is 258 g/mol. The number of nitrogens with zero attached hydrogens (tertiary/aromatic N) is 1. The van der Waals surface area contributed by atoms with Gasteiger partial charge in [0.2, 0.25) is 0 Å². The summed E-state index contributed by atoms with van der Waals surface area (Å²) in [6.07, 6.45) is 0.991. The van der Waals surface area contributed by atoms with Crippen molar-refractivity contribution in [2.45, 2.75) is 6.10 Å². The van der Waals surface area contributed by atoms with Crippen molar-refractivity contribution in [1.29, 1.82) is 0 Å². The molecular weight excluding hydrogens is 248 g/mol. The summed E-state index contributed by atoms with van der Waals surface area (Å²) in [4.78, 5) is 15.9. The number of nitrogen functional groups attached to an aromatic ring is 1. The molecule has 4 nitrogen and oxygen atoms in total. The lowest BCUT2D eigenvalue weighted by molar-refractivity contribution is 0.0519. The smallest absolute Gasteiger partial charge is 0.196 e. The summed E-state index contributed by atoms with van der Waals surface area (Å²) >= 11 is 7.48. The number of aromatic nitrogens is 1. The van der Waals surface area contributed by atoms with Gasteiger partial charge in [0.1, 0.15) is 11.9 Å². The van der Waals surface area contributed by atoms with Crippen molar-refractivity contribution in [2.75, 3.05) is 23.8 Å². The minimum atomic E-state index is -0.429. The van der Waals surface area contributed by atoms with Crippen LogP contribution in [0.3, 0.4) is 0 Å². The van der Waals surface area contributed by atoms with Crippen molar-refractivity contribution < 1.29 is 9.53 Å². The second-order valence-electron chi connectivity index (χ2n) is 3.38. The molecule has 0 aromatic carbocycles. The fourth-order valence-corrected chi connectivity index (χ4v) is 2.46. The molecule has 86 valence electrons. The first-order chi connectivity index (χ1) is 7.68. The Kier molecular flexibility index (Phi) is 3.68. The molecule has 1 aliphatic rings. The van der Waals surface area contributed by atoms with Crippen LogP contribution in [-0.2, 0) is 4.74 Å². The number of carbonyl (C=O) groups excluding carboxylic acids is 1. The molecule has 0 bridgehead atoms. The number of hydrogen-bond donors (Lipinski definition) is 1. The number of anilines is 1. The number of ether oxygens (including phenoxy) is 1. The van der Waals surface area contributed by atoms with E-state index in [1.165, 1.54) is 12.3 Å². The Morgan fingerprint density at radius 1 is 1.69 bits per heavy atom. The Labute approximate surface area is 103 Å². The third-order valence-electron chi connectivity index (χ3n) is 2.26. The molecule has 0 amide bonds. The van der Waals surface area contributed by atoms with Crippen molar-refractivity contribution in [3.63, 3.8) is 0 Å².